The first-order valence-electron chi connectivity index (χ1n) is 8.16. The first-order chi connectivity index (χ1) is 12.2. The van der Waals surface area contributed by atoms with Crippen molar-refractivity contribution in [2.75, 3.05) is 13.1 Å². The lowest BCUT2D eigenvalue weighted by Gasteiger charge is -2.30. The molecule has 0 aliphatic carbocycles. The van der Waals surface area contributed by atoms with Crippen LogP contribution in [-0.4, -0.2) is 44.1 Å². The Bertz CT molecular complexity index is 857. The summed E-state index contributed by atoms with van der Waals surface area (Å²) in [6.45, 7) is 3.05. The van der Waals surface area contributed by atoms with Crippen LogP contribution in [0.4, 0.5) is 0 Å². The van der Waals surface area contributed by atoms with Crippen molar-refractivity contribution in [1.29, 1.82) is 0 Å². The molecule has 0 N–H and O–H groups in total. The van der Waals surface area contributed by atoms with E-state index in [1.807, 2.05) is 6.92 Å². The normalized spacial score (nSPS) is 17.6. The molecule has 8 heteroatoms. The number of rotatable bonds is 3. The molecule has 0 spiro atoms. The number of furan rings is 1. The van der Waals surface area contributed by atoms with Gasteiger partial charge in [-0.25, -0.2) is 9.97 Å². The predicted molar refractivity (Wildman–Crippen MR) is 86.6 cm³/mol. The van der Waals surface area contributed by atoms with E-state index < -0.39 is 0 Å². The fraction of sp³-hybridized carbons (Fsp3) is 0.353. The zero-order valence-corrected chi connectivity index (χ0v) is 13.8. The summed E-state index contributed by atoms with van der Waals surface area (Å²) in [5.74, 6) is 1.87. The van der Waals surface area contributed by atoms with Crippen LogP contribution in [-0.2, 0) is 0 Å². The van der Waals surface area contributed by atoms with Crippen LogP contribution < -0.4 is 0 Å². The van der Waals surface area contributed by atoms with Crippen LogP contribution in [0.2, 0.25) is 0 Å². The van der Waals surface area contributed by atoms with E-state index in [-0.39, 0.29) is 11.8 Å². The van der Waals surface area contributed by atoms with Crippen LogP contribution in [0.15, 0.2) is 39.6 Å². The molecule has 0 bridgehead atoms. The summed E-state index contributed by atoms with van der Waals surface area (Å²) in [4.78, 5) is 22.5. The van der Waals surface area contributed by atoms with Gasteiger partial charge < -0.3 is 13.7 Å². The highest BCUT2D eigenvalue weighted by atomic mass is 16.4. The fourth-order valence-electron chi connectivity index (χ4n) is 2.94. The number of amides is 1. The van der Waals surface area contributed by atoms with Crippen molar-refractivity contribution < 1.29 is 13.6 Å². The summed E-state index contributed by atoms with van der Waals surface area (Å²) in [5, 5.41) is 8.25. The van der Waals surface area contributed by atoms with Gasteiger partial charge in [0, 0.05) is 25.5 Å². The van der Waals surface area contributed by atoms with Gasteiger partial charge in [-0.05, 0) is 31.9 Å². The van der Waals surface area contributed by atoms with Crippen molar-refractivity contribution >= 4 is 5.91 Å². The summed E-state index contributed by atoms with van der Waals surface area (Å²) in [6, 6.07) is 3.39. The molecule has 1 aliphatic rings. The summed E-state index contributed by atoms with van der Waals surface area (Å²) >= 11 is 0. The first-order valence-corrected chi connectivity index (χ1v) is 8.16. The van der Waals surface area contributed by atoms with Crippen molar-refractivity contribution in [1.82, 2.24) is 25.1 Å². The van der Waals surface area contributed by atoms with E-state index in [4.69, 9.17) is 8.83 Å². The molecule has 4 rings (SSSR count). The highest BCUT2D eigenvalue weighted by Crippen LogP contribution is 2.28. The van der Waals surface area contributed by atoms with Gasteiger partial charge >= 0.3 is 0 Å². The molecule has 25 heavy (non-hydrogen) atoms. The van der Waals surface area contributed by atoms with Crippen molar-refractivity contribution in [2.24, 2.45) is 0 Å². The Morgan fingerprint density at radius 3 is 2.88 bits per heavy atom. The average Bonchev–Trinajstić information content (AvgIpc) is 3.34. The van der Waals surface area contributed by atoms with Gasteiger partial charge in [0.15, 0.2) is 5.76 Å². The van der Waals surface area contributed by atoms with E-state index in [1.54, 1.807) is 29.4 Å². The second-order valence-electron chi connectivity index (χ2n) is 6.03. The topological polar surface area (TPSA) is 98.2 Å². The second-order valence-corrected chi connectivity index (χ2v) is 6.03. The fourth-order valence-corrected chi connectivity index (χ4v) is 2.94. The Hall–Kier alpha value is -3.03. The molecular formula is C17H17N5O3. The minimum atomic E-state index is -0.110. The number of hydrogen-bond acceptors (Lipinski definition) is 7. The van der Waals surface area contributed by atoms with Gasteiger partial charge in [-0.15, -0.1) is 10.2 Å². The Balaban J connectivity index is 1.50. The number of carbonyl (C=O) groups is 1. The van der Waals surface area contributed by atoms with Gasteiger partial charge in [0.2, 0.25) is 5.89 Å². The molecule has 1 atom stereocenters. The Labute approximate surface area is 143 Å². The predicted octanol–water partition coefficient (Wildman–Crippen LogP) is 2.45. The lowest BCUT2D eigenvalue weighted by molar-refractivity contribution is 0.0666. The monoisotopic (exact) mass is 339 g/mol. The Morgan fingerprint density at radius 1 is 1.28 bits per heavy atom. The molecule has 1 aliphatic heterocycles. The molecule has 1 saturated heterocycles. The molecule has 0 saturated carbocycles. The quantitative estimate of drug-likeness (QED) is 0.722. The number of piperidine rings is 1. The van der Waals surface area contributed by atoms with Crippen molar-refractivity contribution in [2.45, 2.75) is 25.7 Å². The molecular weight excluding hydrogens is 322 g/mol. The van der Waals surface area contributed by atoms with Crippen molar-refractivity contribution in [3.05, 3.63) is 48.3 Å². The minimum absolute atomic E-state index is 0.0141. The van der Waals surface area contributed by atoms with Crippen LogP contribution in [0.5, 0.6) is 0 Å². The van der Waals surface area contributed by atoms with E-state index in [0.717, 1.165) is 12.8 Å². The summed E-state index contributed by atoms with van der Waals surface area (Å²) < 4.78 is 11.0. The molecule has 3 aromatic rings. The van der Waals surface area contributed by atoms with Gasteiger partial charge in [0.25, 0.3) is 11.8 Å². The van der Waals surface area contributed by atoms with Gasteiger partial charge in [-0.1, -0.05) is 0 Å². The Morgan fingerprint density at radius 2 is 2.12 bits per heavy atom. The number of hydrogen-bond donors (Lipinski definition) is 0. The SMILES string of the molecule is Cc1ncc(-c2nnc([C@@H]3CCCN(C(=O)c4ccco4)C3)o2)cn1. The van der Waals surface area contributed by atoms with Crippen LogP contribution in [0.25, 0.3) is 11.5 Å². The summed E-state index contributed by atoms with van der Waals surface area (Å²) in [5.41, 5.74) is 0.684. The second kappa shape index (κ2) is 6.46. The molecule has 8 nitrogen and oxygen atoms in total. The molecule has 3 aromatic heterocycles. The largest absolute Gasteiger partial charge is 0.459 e. The van der Waals surface area contributed by atoms with Gasteiger partial charge in [-0.2, -0.15) is 0 Å². The van der Waals surface area contributed by atoms with Gasteiger partial charge in [0.1, 0.15) is 5.82 Å². The van der Waals surface area contributed by atoms with Crippen LogP contribution in [0.3, 0.4) is 0 Å². The first kappa shape index (κ1) is 15.5. The maximum Gasteiger partial charge on any atom is 0.289 e. The van der Waals surface area contributed by atoms with Gasteiger partial charge in [-0.3, -0.25) is 4.79 Å². The van der Waals surface area contributed by atoms with E-state index in [2.05, 4.69) is 20.2 Å². The zero-order valence-electron chi connectivity index (χ0n) is 13.8. The molecule has 0 radical (unpaired) electrons. The smallest absolute Gasteiger partial charge is 0.289 e. The van der Waals surface area contributed by atoms with E-state index in [0.29, 0.717) is 42.0 Å². The van der Waals surface area contributed by atoms with Crippen LogP contribution in [0.1, 0.15) is 41.0 Å². The zero-order chi connectivity index (χ0) is 17.2. The average molecular weight is 339 g/mol. The van der Waals surface area contributed by atoms with E-state index in [9.17, 15) is 4.79 Å². The molecule has 0 unspecified atom stereocenters. The van der Waals surface area contributed by atoms with Crippen LogP contribution in [0, 0.1) is 6.92 Å². The number of carbonyl (C=O) groups excluding carboxylic acids is 1. The standard InChI is InChI=1S/C17H17N5O3/c1-11-18-8-13(9-19-11)16-21-20-15(25-16)12-4-2-6-22(10-12)17(23)14-5-3-7-24-14/h3,5,7-9,12H,2,4,6,10H2,1H3/t12-/m1/s1. The highest BCUT2D eigenvalue weighted by molar-refractivity contribution is 5.91. The van der Waals surface area contributed by atoms with E-state index >= 15 is 0 Å². The summed E-state index contributed by atoms with van der Waals surface area (Å²) in [6.07, 6.45) is 6.60. The van der Waals surface area contributed by atoms with E-state index in [1.165, 1.54) is 6.26 Å². The summed E-state index contributed by atoms with van der Waals surface area (Å²) in [7, 11) is 0. The number of aryl methyl sites for hydroxylation is 1. The lowest BCUT2D eigenvalue weighted by Crippen LogP contribution is -2.39. The number of aromatic nitrogens is 4. The number of nitrogens with zero attached hydrogens (tertiary/aromatic N) is 5. The lowest BCUT2D eigenvalue weighted by atomic mass is 9.98. The minimum Gasteiger partial charge on any atom is -0.459 e. The van der Waals surface area contributed by atoms with Crippen molar-refractivity contribution in [3.8, 4) is 11.5 Å². The van der Waals surface area contributed by atoms with Crippen molar-refractivity contribution in [3.63, 3.8) is 0 Å². The number of likely N-dealkylation sites (tertiary alicyclic amines) is 1. The maximum absolute atomic E-state index is 12.4. The molecule has 4 heterocycles. The molecule has 1 fully saturated rings. The molecule has 1 amide bonds. The third-order valence-corrected chi connectivity index (χ3v) is 4.26. The molecule has 128 valence electrons. The molecule has 0 aromatic carbocycles. The third-order valence-electron chi connectivity index (χ3n) is 4.26. The maximum atomic E-state index is 12.4. The van der Waals surface area contributed by atoms with Gasteiger partial charge in [0.05, 0.1) is 17.7 Å². The Kier molecular flexibility index (Phi) is 4.01. The third kappa shape index (κ3) is 3.15. The van der Waals surface area contributed by atoms with Crippen LogP contribution >= 0.6 is 0 Å². The highest BCUT2D eigenvalue weighted by Gasteiger charge is 2.30.